The molecule has 238 valence electrons. The number of halogens is 1. The minimum absolute atomic E-state index is 0.0133. The molecule has 7 rings (SSSR count). The van der Waals surface area contributed by atoms with Gasteiger partial charge in [0.1, 0.15) is 17.7 Å². The van der Waals surface area contributed by atoms with Crippen LogP contribution in [0.15, 0.2) is 60.7 Å². The number of benzene rings is 3. The highest BCUT2D eigenvalue weighted by molar-refractivity contribution is 6.03. The number of carbonyl (C=O) groups excluding carboxylic acids is 3. The number of anilines is 3. The molecular formula is C35H38FN7O3. The van der Waals surface area contributed by atoms with Gasteiger partial charge in [-0.1, -0.05) is 13.8 Å². The van der Waals surface area contributed by atoms with Crippen LogP contribution in [0.2, 0.25) is 0 Å². The van der Waals surface area contributed by atoms with E-state index in [1.807, 2.05) is 53.6 Å². The number of hydrogen-bond acceptors (Lipinski definition) is 6. The zero-order valence-corrected chi connectivity index (χ0v) is 26.3. The summed E-state index contributed by atoms with van der Waals surface area (Å²) in [5, 5.41) is 6.16. The molecule has 0 bridgehead atoms. The Bertz CT molecular complexity index is 1830. The lowest BCUT2D eigenvalue weighted by molar-refractivity contribution is -0.120. The van der Waals surface area contributed by atoms with Crippen molar-refractivity contribution < 1.29 is 18.8 Å². The predicted octanol–water partition coefficient (Wildman–Crippen LogP) is 4.67. The van der Waals surface area contributed by atoms with E-state index in [2.05, 4.69) is 26.5 Å². The molecule has 0 saturated carbocycles. The first-order valence-electron chi connectivity index (χ1n) is 16.0. The van der Waals surface area contributed by atoms with Crippen LogP contribution in [-0.4, -0.2) is 77.5 Å². The second-order valence-corrected chi connectivity index (χ2v) is 12.8. The summed E-state index contributed by atoms with van der Waals surface area (Å²) in [6, 6.07) is 17.6. The Kier molecular flexibility index (Phi) is 7.62. The molecule has 3 aliphatic rings. The first kappa shape index (κ1) is 29.8. The van der Waals surface area contributed by atoms with Crippen molar-refractivity contribution in [1.29, 1.82) is 0 Å². The zero-order chi connectivity index (χ0) is 32.1. The molecule has 2 atom stereocenters. The third kappa shape index (κ3) is 5.44. The molecule has 3 aromatic carbocycles. The van der Waals surface area contributed by atoms with Crippen molar-refractivity contribution in [3.8, 4) is 11.4 Å². The highest BCUT2D eigenvalue weighted by Crippen LogP contribution is 2.41. The van der Waals surface area contributed by atoms with Gasteiger partial charge in [0.2, 0.25) is 11.8 Å². The number of rotatable bonds is 5. The second kappa shape index (κ2) is 11.8. The van der Waals surface area contributed by atoms with E-state index in [0.29, 0.717) is 55.3 Å². The molecule has 4 aromatic rings. The summed E-state index contributed by atoms with van der Waals surface area (Å²) >= 11 is 0. The molecule has 11 heteroatoms. The number of imidazole rings is 1. The molecule has 3 amide bonds. The maximum atomic E-state index is 13.7. The van der Waals surface area contributed by atoms with Gasteiger partial charge in [-0.2, -0.15) is 0 Å². The second-order valence-electron chi connectivity index (χ2n) is 12.8. The molecule has 4 heterocycles. The Morgan fingerprint density at radius 1 is 0.935 bits per heavy atom. The number of nitrogens with zero attached hydrogens (tertiary/aromatic N) is 5. The number of fused-ring (bicyclic) bond motifs is 5. The quantitative estimate of drug-likeness (QED) is 0.335. The highest BCUT2D eigenvalue weighted by atomic mass is 19.1. The van der Waals surface area contributed by atoms with E-state index in [4.69, 9.17) is 4.98 Å². The maximum Gasteiger partial charge on any atom is 0.254 e. The molecule has 3 aliphatic heterocycles. The number of hydrogen-bond donors (Lipinski definition) is 2. The van der Waals surface area contributed by atoms with E-state index in [0.717, 1.165) is 35.4 Å². The number of aromatic nitrogens is 2. The van der Waals surface area contributed by atoms with Crippen LogP contribution in [0.3, 0.4) is 0 Å². The van der Waals surface area contributed by atoms with Crippen LogP contribution < -0.4 is 20.4 Å². The summed E-state index contributed by atoms with van der Waals surface area (Å²) in [6.07, 6.45) is 0.861. The first-order valence-corrected chi connectivity index (χ1v) is 16.0. The maximum absolute atomic E-state index is 13.7. The Balaban J connectivity index is 1.20. The van der Waals surface area contributed by atoms with Crippen LogP contribution in [0.5, 0.6) is 0 Å². The van der Waals surface area contributed by atoms with Gasteiger partial charge in [0, 0.05) is 74.7 Å². The summed E-state index contributed by atoms with van der Waals surface area (Å²) < 4.78 is 15.4. The Morgan fingerprint density at radius 2 is 1.67 bits per heavy atom. The summed E-state index contributed by atoms with van der Waals surface area (Å²) in [6.45, 7) is 9.53. The van der Waals surface area contributed by atoms with E-state index in [-0.39, 0.29) is 35.5 Å². The van der Waals surface area contributed by atoms with E-state index in [1.165, 1.54) is 12.1 Å². The lowest BCUT2D eigenvalue weighted by Crippen LogP contribution is -2.48. The lowest BCUT2D eigenvalue weighted by atomic mass is 10.0. The average molecular weight is 624 g/mol. The number of piperazine rings is 1. The Hall–Kier alpha value is -4.93. The van der Waals surface area contributed by atoms with Gasteiger partial charge in [0.05, 0.1) is 16.7 Å². The van der Waals surface area contributed by atoms with Crippen LogP contribution in [0.1, 0.15) is 43.6 Å². The molecule has 10 nitrogen and oxygen atoms in total. The van der Waals surface area contributed by atoms with Crippen molar-refractivity contribution in [2.24, 2.45) is 5.92 Å². The minimum Gasteiger partial charge on any atom is -0.369 e. The van der Waals surface area contributed by atoms with Crippen LogP contribution >= 0.6 is 0 Å². The SMILES string of the molecule is CC(=O)NC1CCN(c2ccc3c(c2)-c2nc4cc(C(=O)N5CCN(c6ccc(F)cc6)CC5)ccc4n2[C@@H](C(C)C)C(=O)N3)C1. The zero-order valence-electron chi connectivity index (χ0n) is 26.3. The van der Waals surface area contributed by atoms with Gasteiger partial charge >= 0.3 is 0 Å². The van der Waals surface area contributed by atoms with E-state index in [9.17, 15) is 18.8 Å². The van der Waals surface area contributed by atoms with Gasteiger partial charge in [-0.25, -0.2) is 9.37 Å². The highest BCUT2D eigenvalue weighted by Gasteiger charge is 2.34. The van der Waals surface area contributed by atoms with Crippen molar-refractivity contribution >= 4 is 45.8 Å². The Labute approximate surface area is 267 Å². The summed E-state index contributed by atoms with van der Waals surface area (Å²) in [4.78, 5) is 50.3. The third-order valence-electron chi connectivity index (χ3n) is 9.34. The fourth-order valence-corrected chi connectivity index (χ4v) is 7.05. The van der Waals surface area contributed by atoms with Crippen LogP contribution in [0, 0.1) is 11.7 Å². The molecule has 0 spiro atoms. The molecule has 0 aliphatic carbocycles. The number of carbonyl (C=O) groups is 3. The van der Waals surface area contributed by atoms with Crippen molar-refractivity contribution in [1.82, 2.24) is 19.8 Å². The topological polar surface area (TPSA) is 103 Å². The lowest BCUT2D eigenvalue weighted by Gasteiger charge is -2.36. The van der Waals surface area contributed by atoms with Crippen LogP contribution in [0.25, 0.3) is 22.4 Å². The molecule has 2 fully saturated rings. The summed E-state index contributed by atoms with van der Waals surface area (Å²) in [7, 11) is 0. The predicted molar refractivity (Wildman–Crippen MR) is 177 cm³/mol. The fraction of sp³-hybridized carbons (Fsp3) is 0.371. The average Bonchev–Trinajstić information content (AvgIpc) is 3.62. The molecular weight excluding hydrogens is 585 g/mol. The van der Waals surface area contributed by atoms with E-state index >= 15 is 0 Å². The monoisotopic (exact) mass is 623 g/mol. The first-order chi connectivity index (χ1) is 22.2. The number of nitrogens with one attached hydrogen (secondary N) is 2. The summed E-state index contributed by atoms with van der Waals surface area (Å²) in [5.41, 5.74) is 5.47. The van der Waals surface area contributed by atoms with Crippen LogP contribution in [0.4, 0.5) is 21.5 Å². The van der Waals surface area contributed by atoms with Gasteiger partial charge in [0.15, 0.2) is 0 Å². The van der Waals surface area contributed by atoms with Crippen molar-refractivity contribution in [3.63, 3.8) is 0 Å². The number of amides is 3. The fourth-order valence-electron chi connectivity index (χ4n) is 7.05. The van der Waals surface area contributed by atoms with E-state index in [1.54, 1.807) is 19.1 Å². The molecule has 46 heavy (non-hydrogen) atoms. The standard InChI is InChI=1S/C35H38FN7O3/c1-21(2)32-34(45)39-29-10-9-27(42-13-12-25(20-42)37-22(3)44)19-28(29)33-38-30-18-23(4-11-31(30)43(32)33)35(46)41-16-14-40(15-17-41)26-7-5-24(36)6-8-26/h4-11,18-19,21,25,32H,12-17,20H2,1-3H3,(H,37,44)(H,39,45)/t25?,32-/m0/s1. The molecule has 1 aromatic heterocycles. The van der Waals surface area contributed by atoms with Crippen molar-refractivity contribution in [2.45, 2.75) is 39.3 Å². The van der Waals surface area contributed by atoms with Gasteiger partial charge in [-0.3, -0.25) is 14.4 Å². The van der Waals surface area contributed by atoms with Crippen molar-refractivity contribution in [3.05, 3.63) is 72.0 Å². The van der Waals surface area contributed by atoms with Crippen molar-refractivity contribution in [2.75, 3.05) is 54.4 Å². The minimum atomic E-state index is -0.493. The van der Waals surface area contributed by atoms with Gasteiger partial charge in [-0.15, -0.1) is 0 Å². The molecule has 2 saturated heterocycles. The third-order valence-corrected chi connectivity index (χ3v) is 9.34. The molecule has 1 unspecified atom stereocenters. The van der Waals surface area contributed by atoms with Gasteiger partial charge in [-0.05, 0) is 73.0 Å². The molecule has 0 radical (unpaired) electrons. The Morgan fingerprint density at radius 3 is 2.39 bits per heavy atom. The molecule has 2 N–H and O–H groups in total. The van der Waals surface area contributed by atoms with Crippen LogP contribution in [-0.2, 0) is 9.59 Å². The largest absolute Gasteiger partial charge is 0.369 e. The van der Waals surface area contributed by atoms with Gasteiger partial charge in [0.25, 0.3) is 5.91 Å². The van der Waals surface area contributed by atoms with E-state index < -0.39 is 6.04 Å². The normalized spacial score (nSPS) is 19.6. The van der Waals surface area contributed by atoms with Gasteiger partial charge < -0.3 is 29.9 Å². The smallest absolute Gasteiger partial charge is 0.254 e. The summed E-state index contributed by atoms with van der Waals surface area (Å²) in [5.74, 6) is 0.201.